The molecular formula is C14H15ClN2O4. The Morgan fingerprint density at radius 2 is 2.29 bits per heavy atom. The highest BCUT2D eigenvalue weighted by Crippen LogP contribution is 2.21. The fourth-order valence-corrected chi connectivity index (χ4v) is 2.03. The van der Waals surface area contributed by atoms with Gasteiger partial charge in [0.1, 0.15) is 6.61 Å². The quantitative estimate of drug-likeness (QED) is 0.851. The highest BCUT2D eigenvalue weighted by Gasteiger charge is 2.16. The Balaban J connectivity index is 1.92. The highest BCUT2D eigenvalue weighted by atomic mass is 35.5. The predicted octanol–water partition coefficient (Wildman–Crippen LogP) is 1.94. The van der Waals surface area contributed by atoms with Crippen molar-refractivity contribution in [2.75, 3.05) is 13.7 Å². The molecule has 2 rings (SSSR count). The molecule has 0 aliphatic rings. The molecule has 2 aromatic rings. The molecule has 112 valence electrons. The van der Waals surface area contributed by atoms with Crippen LogP contribution >= 0.6 is 11.6 Å². The summed E-state index contributed by atoms with van der Waals surface area (Å²) in [5.41, 5.74) is 0.688. The molecular weight excluding hydrogens is 296 g/mol. The van der Waals surface area contributed by atoms with Gasteiger partial charge in [0.2, 0.25) is 0 Å². The number of methoxy groups -OCH3 is 1. The molecule has 1 aromatic heterocycles. The molecule has 0 spiro atoms. The zero-order valence-corrected chi connectivity index (χ0v) is 12.1. The lowest BCUT2D eigenvalue weighted by Gasteiger charge is -2.12. The normalized spacial score (nSPS) is 12.1. The van der Waals surface area contributed by atoms with Gasteiger partial charge in [0, 0.05) is 30.3 Å². The molecule has 1 heterocycles. The van der Waals surface area contributed by atoms with Gasteiger partial charge in [0.25, 0.3) is 5.91 Å². The number of hydrogen-bond donors (Lipinski definition) is 2. The number of benzene rings is 1. The molecule has 1 atom stereocenters. The van der Waals surface area contributed by atoms with E-state index in [1.807, 2.05) is 0 Å². The van der Waals surface area contributed by atoms with Gasteiger partial charge < -0.3 is 19.7 Å². The van der Waals surface area contributed by atoms with Gasteiger partial charge in [0.05, 0.1) is 6.10 Å². The number of halogens is 1. The third-order valence-corrected chi connectivity index (χ3v) is 3.14. The lowest BCUT2D eigenvalue weighted by atomic mass is 10.1. The number of nitrogens with one attached hydrogen (secondary N) is 1. The van der Waals surface area contributed by atoms with E-state index in [0.29, 0.717) is 16.3 Å². The molecule has 1 aromatic carbocycles. The van der Waals surface area contributed by atoms with Gasteiger partial charge in [0.15, 0.2) is 11.5 Å². The zero-order chi connectivity index (χ0) is 15.2. The Morgan fingerprint density at radius 1 is 1.52 bits per heavy atom. The molecule has 0 fully saturated rings. The Bertz CT molecular complexity index is 615. The molecule has 7 heteroatoms. The lowest BCUT2D eigenvalue weighted by Crippen LogP contribution is -2.28. The number of aliphatic hydroxyl groups excluding tert-OH is 1. The minimum absolute atomic E-state index is 0.0229. The third kappa shape index (κ3) is 4.04. The average Bonchev–Trinajstić information content (AvgIpc) is 2.94. The minimum Gasteiger partial charge on any atom is -0.387 e. The van der Waals surface area contributed by atoms with E-state index < -0.39 is 12.0 Å². The Hall–Kier alpha value is -1.89. The fraction of sp³-hybridized carbons (Fsp3) is 0.286. The largest absolute Gasteiger partial charge is 0.387 e. The van der Waals surface area contributed by atoms with Crippen molar-refractivity contribution >= 4 is 17.5 Å². The predicted molar refractivity (Wildman–Crippen MR) is 76.0 cm³/mol. The molecule has 0 radical (unpaired) electrons. The number of nitrogens with zero attached hydrogens (tertiary/aromatic N) is 1. The summed E-state index contributed by atoms with van der Waals surface area (Å²) in [6.07, 6.45) is -0.895. The fourth-order valence-electron chi connectivity index (χ4n) is 1.77. The first-order valence-electron chi connectivity index (χ1n) is 6.27. The molecule has 0 bridgehead atoms. The summed E-state index contributed by atoms with van der Waals surface area (Å²) in [4.78, 5) is 11.9. The van der Waals surface area contributed by atoms with E-state index in [0.717, 1.165) is 0 Å². The monoisotopic (exact) mass is 310 g/mol. The maximum Gasteiger partial charge on any atom is 0.273 e. The van der Waals surface area contributed by atoms with Crippen LogP contribution in [0.1, 0.15) is 27.9 Å². The first-order valence-corrected chi connectivity index (χ1v) is 6.65. The third-order valence-electron chi connectivity index (χ3n) is 2.80. The van der Waals surface area contributed by atoms with Crippen LogP contribution in [0.3, 0.4) is 0 Å². The van der Waals surface area contributed by atoms with Crippen LogP contribution in [0.25, 0.3) is 0 Å². The summed E-state index contributed by atoms with van der Waals surface area (Å²) in [6.45, 7) is 0.261. The van der Waals surface area contributed by atoms with Crippen molar-refractivity contribution < 1.29 is 19.2 Å². The van der Waals surface area contributed by atoms with Crippen LogP contribution in [0.4, 0.5) is 0 Å². The van der Waals surface area contributed by atoms with Gasteiger partial charge in [-0.15, -0.1) is 0 Å². The number of hydrogen-bond acceptors (Lipinski definition) is 5. The molecule has 21 heavy (non-hydrogen) atoms. The second kappa shape index (κ2) is 7.21. The molecule has 0 saturated carbocycles. The van der Waals surface area contributed by atoms with Crippen molar-refractivity contribution in [1.29, 1.82) is 0 Å². The van der Waals surface area contributed by atoms with Crippen LogP contribution in [0.2, 0.25) is 5.02 Å². The number of ether oxygens (including phenoxy) is 1. The van der Waals surface area contributed by atoms with Crippen LogP contribution < -0.4 is 5.32 Å². The maximum absolute atomic E-state index is 11.9. The number of rotatable bonds is 6. The molecule has 2 N–H and O–H groups in total. The number of carbonyl (C=O) groups is 1. The van der Waals surface area contributed by atoms with E-state index in [-0.39, 0.29) is 18.8 Å². The molecule has 0 saturated heterocycles. The van der Waals surface area contributed by atoms with Gasteiger partial charge in [-0.25, -0.2) is 0 Å². The second-order valence-electron chi connectivity index (χ2n) is 4.36. The van der Waals surface area contributed by atoms with E-state index in [2.05, 4.69) is 10.5 Å². The summed E-state index contributed by atoms with van der Waals surface area (Å²) < 4.78 is 9.79. The molecule has 0 aliphatic carbocycles. The van der Waals surface area contributed by atoms with Crippen molar-refractivity contribution in [2.45, 2.75) is 12.7 Å². The lowest BCUT2D eigenvalue weighted by molar-refractivity contribution is 0.0906. The van der Waals surface area contributed by atoms with E-state index >= 15 is 0 Å². The smallest absolute Gasteiger partial charge is 0.273 e. The van der Waals surface area contributed by atoms with Crippen LogP contribution in [0.15, 0.2) is 34.9 Å². The van der Waals surface area contributed by atoms with Gasteiger partial charge in [-0.3, -0.25) is 4.79 Å². The summed E-state index contributed by atoms with van der Waals surface area (Å²) in [5, 5.41) is 16.7. The standard InChI is InChI=1S/C14H15ClN2O4/c1-20-8-9-6-12(17-21-9)14(19)16-7-13(18)10-4-2-3-5-11(10)15/h2-6,13,18H,7-8H2,1H3,(H,16,19). The maximum atomic E-state index is 11.9. The van der Waals surface area contributed by atoms with Crippen molar-refractivity contribution in [3.8, 4) is 0 Å². The first kappa shape index (κ1) is 15.5. The number of aromatic nitrogens is 1. The number of aliphatic hydroxyl groups is 1. The van der Waals surface area contributed by atoms with E-state index in [1.54, 1.807) is 24.3 Å². The molecule has 1 amide bonds. The summed E-state index contributed by atoms with van der Waals surface area (Å²) in [5.74, 6) is 0.0153. The molecule has 1 unspecified atom stereocenters. The highest BCUT2D eigenvalue weighted by molar-refractivity contribution is 6.31. The molecule has 6 nitrogen and oxygen atoms in total. The van der Waals surface area contributed by atoms with Crippen LogP contribution in [-0.4, -0.2) is 29.8 Å². The van der Waals surface area contributed by atoms with E-state index in [1.165, 1.54) is 13.2 Å². The van der Waals surface area contributed by atoms with Crippen molar-refractivity contribution in [1.82, 2.24) is 10.5 Å². The number of amides is 1. The van der Waals surface area contributed by atoms with Crippen molar-refractivity contribution in [2.24, 2.45) is 0 Å². The Kier molecular flexibility index (Phi) is 5.32. The SMILES string of the molecule is COCc1cc(C(=O)NCC(O)c2ccccc2Cl)no1. The van der Waals surface area contributed by atoms with Crippen LogP contribution in [0, 0.1) is 0 Å². The Labute approximate surface area is 126 Å². The van der Waals surface area contributed by atoms with Gasteiger partial charge in [-0.05, 0) is 6.07 Å². The zero-order valence-electron chi connectivity index (χ0n) is 11.4. The first-order chi connectivity index (χ1) is 10.1. The van der Waals surface area contributed by atoms with E-state index in [4.69, 9.17) is 20.9 Å². The topological polar surface area (TPSA) is 84.6 Å². The number of carbonyl (C=O) groups excluding carboxylic acids is 1. The van der Waals surface area contributed by atoms with Crippen LogP contribution in [-0.2, 0) is 11.3 Å². The average molecular weight is 311 g/mol. The second-order valence-corrected chi connectivity index (χ2v) is 4.77. The summed E-state index contributed by atoms with van der Waals surface area (Å²) in [7, 11) is 1.52. The van der Waals surface area contributed by atoms with Crippen molar-refractivity contribution in [3.05, 3.63) is 52.4 Å². The summed E-state index contributed by atoms with van der Waals surface area (Å²) >= 11 is 5.98. The van der Waals surface area contributed by atoms with Crippen LogP contribution in [0.5, 0.6) is 0 Å². The molecule has 0 aliphatic heterocycles. The summed E-state index contributed by atoms with van der Waals surface area (Å²) in [6, 6.07) is 8.40. The Morgan fingerprint density at radius 3 is 3.00 bits per heavy atom. The van der Waals surface area contributed by atoms with E-state index in [9.17, 15) is 9.90 Å². The van der Waals surface area contributed by atoms with Gasteiger partial charge in [-0.2, -0.15) is 0 Å². The van der Waals surface area contributed by atoms with Crippen molar-refractivity contribution in [3.63, 3.8) is 0 Å². The minimum atomic E-state index is -0.895. The van der Waals surface area contributed by atoms with Gasteiger partial charge >= 0.3 is 0 Å². The van der Waals surface area contributed by atoms with Gasteiger partial charge in [-0.1, -0.05) is 35.0 Å².